The van der Waals surface area contributed by atoms with E-state index >= 15 is 0 Å². The fourth-order valence-electron chi connectivity index (χ4n) is 8.50. The summed E-state index contributed by atoms with van der Waals surface area (Å²) in [6.45, 7) is 11.4. The molecule has 11 N–H and O–H groups in total. The monoisotopic (exact) mass is 888 g/mol. The van der Waals surface area contributed by atoms with Gasteiger partial charge in [0, 0.05) is 52.7 Å². The largest absolute Gasteiger partial charge is 0.370 e. The summed E-state index contributed by atoms with van der Waals surface area (Å²) in [6.07, 6.45) is 6.67. The summed E-state index contributed by atoms with van der Waals surface area (Å²) >= 11 is 0. The number of benzene rings is 2. The van der Waals surface area contributed by atoms with Gasteiger partial charge in [-0.3, -0.25) is 53.8 Å². The summed E-state index contributed by atoms with van der Waals surface area (Å²) in [5.74, 6) is -1.90. The highest BCUT2D eigenvalue weighted by molar-refractivity contribution is 6.18. The van der Waals surface area contributed by atoms with Crippen LogP contribution in [0.5, 0.6) is 0 Å². The molecule has 0 unspecified atom stereocenters. The third kappa shape index (κ3) is 15.1. The van der Waals surface area contributed by atoms with E-state index in [1.54, 1.807) is 11.0 Å². The molecule has 0 radical (unpaired) electrons. The van der Waals surface area contributed by atoms with Crippen LogP contribution in [0.2, 0.25) is 0 Å². The summed E-state index contributed by atoms with van der Waals surface area (Å²) in [4.78, 5) is 90.1. The first-order valence-corrected chi connectivity index (χ1v) is 22.7. The number of unbranched alkanes of at least 4 members (excludes halogenated alkanes) is 1. The maximum atomic E-state index is 13.9. The molecule has 19 nitrogen and oxygen atoms in total. The lowest BCUT2D eigenvalue weighted by molar-refractivity contribution is -0.136. The van der Waals surface area contributed by atoms with Crippen molar-refractivity contribution in [3.63, 3.8) is 0 Å². The maximum absolute atomic E-state index is 13.9. The SMILES string of the molecule is CC(=O)N[C@@H](CCCN)C(=O)NC(=O)[C@H](C)NC(=O)[C@H](CCN=C(N)N)NCCN1CCN(CCCCC2CCN(CC(=O)N3c4ccccc4NC(=O)c4ccccc43)CC2)CC1. The second kappa shape index (κ2) is 25.1. The van der Waals surface area contributed by atoms with Gasteiger partial charge in [0.2, 0.25) is 29.5 Å². The number of nitrogens with zero attached hydrogens (tertiary/aromatic N) is 5. The predicted octanol–water partition coefficient (Wildman–Crippen LogP) is 0.430. The van der Waals surface area contributed by atoms with Gasteiger partial charge in [-0.2, -0.15) is 0 Å². The van der Waals surface area contributed by atoms with Crippen molar-refractivity contribution in [2.75, 3.05) is 88.8 Å². The van der Waals surface area contributed by atoms with Crippen LogP contribution in [0, 0.1) is 5.92 Å². The first-order valence-electron chi connectivity index (χ1n) is 22.7. The number of anilines is 3. The smallest absolute Gasteiger partial charge is 0.257 e. The van der Waals surface area contributed by atoms with Crippen LogP contribution in [-0.2, 0) is 24.0 Å². The molecule has 6 amide bonds. The number of para-hydroxylation sites is 3. The fourth-order valence-corrected chi connectivity index (χ4v) is 8.50. The zero-order valence-corrected chi connectivity index (χ0v) is 37.5. The van der Waals surface area contributed by atoms with E-state index in [9.17, 15) is 28.8 Å². The van der Waals surface area contributed by atoms with Crippen LogP contribution in [0.4, 0.5) is 17.1 Å². The Hall–Kier alpha value is -5.47. The Balaban J connectivity index is 0.973. The molecule has 0 bridgehead atoms. The molecule has 3 heterocycles. The van der Waals surface area contributed by atoms with E-state index < -0.39 is 41.8 Å². The molecule has 0 aliphatic carbocycles. The highest BCUT2D eigenvalue weighted by Gasteiger charge is 2.31. The third-order valence-electron chi connectivity index (χ3n) is 12.1. The van der Waals surface area contributed by atoms with Crippen molar-refractivity contribution in [3.05, 3.63) is 54.1 Å². The number of piperazine rings is 1. The lowest BCUT2D eigenvalue weighted by Gasteiger charge is -2.35. The second-order valence-corrected chi connectivity index (χ2v) is 17.0. The number of carbonyl (C=O) groups is 6. The number of rotatable bonds is 22. The minimum Gasteiger partial charge on any atom is -0.370 e. The molecule has 64 heavy (non-hydrogen) atoms. The molecule has 5 rings (SSSR count). The van der Waals surface area contributed by atoms with E-state index in [4.69, 9.17) is 17.2 Å². The van der Waals surface area contributed by atoms with Gasteiger partial charge in [0.15, 0.2) is 5.96 Å². The number of carbonyl (C=O) groups excluding carboxylic acids is 6. The Bertz CT molecular complexity index is 1930. The molecule has 3 aliphatic rings. The lowest BCUT2D eigenvalue weighted by atomic mass is 9.91. The molecule has 0 aromatic heterocycles. The molecule has 3 aliphatic heterocycles. The van der Waals surface area contributed by atoms with E-state index in [2.05, 4.69) is 46.3 Å². The number of nitrogens with one attached hydrogen (secondary N) is 5. The van der Waals surface area contributed by atoms with Crippen molar-refractivity contribution >= 4 is 58.5 Å². The topological polar surface area (TPSA) is 266 Å². The van der Waals surface area contributed by atoms with Crippen LogP contribution >= 0.6 is 0 Å². The average molecular weight is 888 g/mol. The third-order valence-corrected chi connectivity index (χ3v) is 12.1. The van der Waals surface area contributed by atoms with Crippen molar-refractivity contribution in [1.29, 1.82) is 0 Å². The summed E-state index contributed by atoms with van der Waals surface area (Å²) in [5, 5.41) is 13.8. The van der Waals surface area contributed by atoms with Gasteiger partial charge in [0.05, 0.1) is 35.2 Å². The van der Waals surface area contributed by atoms with Crippen molar-refractivity contribution in [3.8, 4) is 0 Å². The molecular weight excluding hydrogens is 819 g/mol. The molecule has 0 saturated carbocycles. The standard InChI is InChI=1S/C45H69N13O6/c1-31(41(61)54-44(64)37(13-9-19-46)52-32(2)59)51-43(63)36(16-20-50-45(47)48)49-21-25-56-28-26-55(27-29-56)22-8-7-10-33-17-23-57(24-18-33)30-40(60)58-38-14-5-3-11-34(38)42(62)53-35-12-4-6-15-39(35)58/h3-6,11-12,14-15,31,33,36-37,49H,7-10,13,16-30,46H2,1-2H3,(H,51,63)(H,52,59)(H,53,62)(H4,47,48,50)(H,54,61,64)/t31-,36-,37-/m0/s1. The van der Waals surface area contributed by atoms with Gasteiger partial charge in [-0.05, 0) is 102 Å². The van der Waals surface area contributed by atoms with Crippen molar-refractivity contribution in [2.24, 2.45) is 28.1 Å². The van der Waals surface area contributed by atoms with Gasteiger partial charge in [0.1, 0.15) is 12.1 Å². The lowest BCUT2D eigenvalue weighted by Crippen LogP contribution is -2.56. The molecule has 0 spiro atoms. The van der Waals surface area contributed by atoms with Crippen LogP contribution in [0.3, 0.4) is 0 Å². The highest BCUT2D eigenvalue weighted by atomic mass is 16.2. The van der Waals surface area contributed by atoms with Crippen molar-refractivity contribution in [1.82, 2.24) is 36.0 Å². The normalized spacial score (nSPS) is 17.4. The predicted molar refractivity (Wildman–Crippen MR) is 248 cm³/mol. The van der Waals surface area contributed by atoms with Crippen LogP contribution in [0.1, 0.15) is 75.6 Å². The van der Waals surface area contributed by atoms with Gasteiger partial charge in [-0.1, -0.05) is 37.1 Å². The summed E-state index contributed by atoms with van der Waals surface area (Å²) in [6, 6.07) is 12.1. The van der Waals surface area contributed by atoms with Crippen LogP contribution in [-0.4, -0.2) is 153 Å². The van der Waals surface area contributed by atoms with Crippen LogP contribution in [0.15, 0.2) is 53.5 Å². The van der Waals surface area contributed by atoms with Crippen LogP contribution < -0.4 is 48.7 Å². The number of guanidine groups is 1. The van der Waals surface area contributed by atoms with Crippen molar-refractivity contribution in [2.45, 2.75) is 83.3 Å². The Labute approximate surface area is 376 Å². The fraction of sp³-hybridized carbons (Fsp3) is 0.578. The number of amides is 6. The van der Waals surface area contributed by atoms with E-state index in [0.717, 1.165) is 71.6 Å². The quantitative estimate of drug-likeness (QED) is 0.0454. The number of fused-ring (bicyclic) bond motifs is 2. The second-order valence-electron chi connectivity index (χ2n) is 17.0. The van der Waals surface area contributed by atoms with Gasteiger partial charge >= 0.3 is 0 Å². The molecule has 3 atom stereocenters. The number of likely N-dealkylation sites (tertiary alicyclic amines) is 1. The summed E-state index contributed by atoms with van der Waals surface area (Å²) in [5.41, 5.74) is 19.0. The molecule has 19 heteroatoms. The molecule has 2 saturated heterocycles. The zero-order valence-electron chi connectivity index (χ0n) is 37.5. The number of imide groups is 1. The maximum Gasteiger partial charge on any atom is 0.257 e. The van der Waals surface area contributed by atoms with Crippen LogP contribution in [0.25, 0.3) is 0 Å². The van der Waals surface area contributed by atoms with E-state index in [1.807, 2.05) is 42.5 Å². The summed E-state index contributed by atoms with van der Waals surface area (Å²) < 4.78 is 0. The van der Waals surface area contributed by atoms with Crippen molar-refractivity contribution < 1.29 is 28.8 Å². The Morgan fingerprint density at radius 3 is 2.14 bits per heavy atom. The Morgan fingerprint density at radius 2 is 1.45 bits per heavy atom. The molecule has 2 aromatic carbocycles. The van der Waals surface area contributed by atoms with E-state index in [-0.39, 0.29) is 30.7 Å². The molecule has 350 valence electrons. The van der Waals surface area contributed by atoms with E-state index in [1.165, 1.54) is 26.7 Å². The number of hydrogen-bond donors (Lipinski definition) is 8. The summed E-state index contributed by atoms with van der Waals surface area (Å²) in [7, 11) is 0. The van der Waals surface area contributed by atoms with E-state index in [0.29, 0.717) is 61.0 Å². The van der Waals surface area contributed by atoms with Gasteiger partial charge in [0.25, 0.3) is 5.91 Å². The van der Waals surface area contributed by atoms with Gasteiger partial charge < -0.3 is 43.4 Å². The molecule has 2 fully saturated rings. The van der Waals surface area contributed by atoms with Gasteiger partial charge in [-0.15, -0.1) is 0 Å². The molecule has 2 aromatic rings. The average Bonchev–Trinajstić information content (AvgIpc) is 3.40. The first-order chi connectivity index (χ1) is 30.8. The Kier molecular flexibility index (Phi) is 19.5. The minimum absolute atomic E-state index is 0.0444. The Morgan fingerprint density at radius 1 is 0.781 bits per heavy atom. The van der Waals surface area contributed by atoms with Gasteiger partial charge in [-0.25, -0.2) is 0 Å². The number of aliphatic imine (C=N–C) groups is 1. The highest BCUT2D eigenvalue weighted by Crippen LogP contribution is 2.38. The minimum atomic E-state index is -1.03. The molecular formula is C45H69N13O6. The number of hydrogen-bond acceptors (Lipinski definition) is 12. The first kappa shape index (κ1) is 49.5. The number of nitrogens with two attached hydrogens (primary N) is 3. The zero-order chi connectivity index (χ0) is 46.0. The number of piperidine rings is 1.